The van der Waals surface area contributed by atoms with Gasteiger partial charge in [-0.25, -0.2) is 4.79 Å². The molecular formula is C22H30N2O2. The van der Waals surface area contributed by atoms with Gasteiger partial charge in [0, 0.05) is 6.54 Å². The molecule has 0 aromatic heterocycles. The average Bonchev–Trinajstić information content (AvgIpc) is 2.63. The van der Waals surface area contributed by atoms with Crippen molar-refractivity contribution in [2.24, 2.45) is 0 Å². The van der Waals surface area contributed by atoms with Gasteiger partial charge in [0.15, 0.2) is 0 Å². The van der Waals surface area contributed by atoms with Gasteiger partial charge in [0.25, 0.3) is 0 Å². The van der Waals surface area contributed by atoms with E-state index in [-0.39, 0.29) is 11.4 Å². The first-order chi connectivity index (χ1) is 12.4. The second-order valence-corrected chi connectivity index (χ2v) is 7.40. The maximum atomic E-state index is 11.8. The number of amides is 2. The lowest BCUT2D eigenvalue weighted by Crippen LogP contribution is -2.38. The highest BCUT2D eigenvalue weighted by Gasteiger charge is 2.13. The van der Waals surface area contributed by atoms with E-state index in [0.717, 1.165) is 18.6 Å². The predicted octanol–water partition coefficient (Wildman–Crippen LogP) is 4.29. The van der Waals surface area contributed by atoms with Crippen LogP contribution in [0.3, 0.4) is 0 Å². The van der Waals surface area contributed by atoms with Gasteiger partial charge in [0.05, 0.1) is 6.54 Å². The van der Waals surface area contributed by atoms with Crippen LogP contribution >= 0.6 is 0 Å². The second-order valence-electron chi connectivity index (χ2n) is 7.40. The number of hydrogen-bond donors (Lipinski definition) is 2. The van der Waals surface area contributed by atoms with Crippen molar-refractivity contribution in [1.29, 1.82) is 0 Å². The molecule has 0 heterocycles. The standard InChI is InChI=1S/C22H30N2O2/c1-22(2,3)19-12-7-13-20(17-19)26-16-15-24-21(25)23-14-8-11-18-9-5-4-6-10-18/h4-7,9-10,12-13,17H,8,11,14-16H2,1-3H3,(H2,23,24,25). The largest absolute Gasteiger partial charge is 0.492 e. The highest BCUT2D eigenvalue weighted by atomic mass is 16.5. The van der Waals surface area contributed by atoms with Crippen LogP contribution in [0.25, 0.3) is 0 Å². The summed E-state index contributed by atoms with van der Waals surface area (Å²) < 4.78 is 5.73. The maximum Gasteiger partial charge on any atom is 0.314 e. The zero-order valence-electron chi connectivity index (χ0n) is 16.0. The van der Waals surface area contributed by atoms with Crippen LogP contribution in [0.15, 0.2) is 54.6 Å². The summed E-state index contributed by atoms with van der Waals surface area (Å²) >= 11 is 0. The van der Waals surface area contributed by atoms with E-state index in [1.54, 1.807) is 0 Å². The minimum Gasteiger partial charge on any atom is -0.492 e. The molecule has 0 atom stereocenters. The molecule has 2 rings (SSSR count). The van der Waals surface area contributed by atoms with Crippen molar-refractivity contribution < 1.29 is 9.53 Å². The second kappa shape index (κ2) is 9.85. The lowest BCUT2D eigenvalue weighted by molar-refractivity contribution is 0.236. The number of carbonyl (C=O) groups is 1. The van der Waals surface area contributed by atoms with Crippen LogP contribution in [-0.2, 0) is 11.8 Å². The van der Waals surface area contributed by atoms with Crippen LogP contribution in [0.1, 0.15) is 38.3 Å². The molecule has 26 heavy (non-hydrogen) atoms. The molecule has 0 spiro atoms. The van der Waals surface area contributed by atoms with Gasteiger partial charge in [0.2, 0.25) is 0 Å². The van der Waals surface area contributed by atoms with Crippen LogP contribution in [-0.4, -0.2) is 25.7 Å². The Morgan fingerprint density at radius 2 is 1.69 bits per heavy atom. The normalized spacial score (nSPS) is 11.0. The number of nitrogens with one attached hydrogen (secondary N) is 2. The van der Waals surface area contributed by atoms with E-state index in [2.05, 4.69) is 55.7 Å². The molecule has 0 aliphatic carbocycles. The minimum absolute atomic E-state index is 0.0945. The van der Waals surface area contributed by atoms with E-state index in [1.165, 1.54) is 11.1 Å². The number of carbonyl (C=O) groups excluding carboxylic acids is 1. The zero-order chi connectivity index (χ0) is 18.8. The topological polar surface area (TPSA) is 50.4 Å². The molecule has 0 aliphatic rings. The van der Waals surface area contributed by atoms with Crippen molar-refractivity contribution in [3.8, 4) is 5.75 Å². The number of urea groups is 1. The van der Waals surface area contributed by atoms with Crippen LogP contribution in [0.2, 0.25) is 0 Å². The predicted molar refractivity (Wildman–Crippen MR) is 107 cm³/mol. The van der Waals surface area contributed by atoms with Gasteiger partial charge < -0.3 is 15.4 Å². The van der Waals surface area contributed by atoms with E-state index in [9.17, 15) is 4.79 Å². The summed E-state index contributed by atoms with van der Waals surface area (Å²) in [6.45, 7) is 8.12. The minimum atomic E-state index is -0.148. The van der Waals surface area contributed by atoms with Crippen molar-refractivity contribution in [2.75, 3.05) is 19.7 Å². The van der Waals surface area contributed by atoms with Crippen molar-refractivity contribution >= 4 is 6.03 Å². The molecule has 4 heteroatoms. The Labute approximate surface area is 157 Å². The number of ether oxygens (including phenoxy) is 1. The Morgan fingerprint density at radius 3 is 2.42 bits per heavy atom. The number of aryl methyl sites for hydroxylation is 1. The number of benzene rings is 2. The lowest BCUT2D eigenvalue weighted by atomic mass is 9.87. The monoisotopic (exact) mass is 354 g/mol. The number of rotatable bonds is 8. The third-order valence-corrected chi connectivity index (χ3v) is 4.13. The lowest BCUT2D eigenvalue weighted by Gasteiger charge is -2.19. The smallest absolute Gasteiger partial charge is 0.314 e. The van der Waals surface area contributed by atoms with Crippen LogP contribution in [0.4, 0.5) is 4.79 Å². The molecule has 0 radical (unpaired) electrons. The molecule has 0 fully saturated rings. The van der Waals surface area contributed by atoms with E-state index in [0.29, 0.717) is 19.7 Å². The molecular weight excluding hydrogens is 324 g/mol. The third kappa shape index (κ3) is 7.18. The Kier molecular flexibility index (Phi) is 7.52. The third-order valence-electron chi connectivity index (χ3n) is 4.13. The molecule has 0 aliphatic heterocycles. The zero-order valence-corrected chi connectivity index (χ0v) is 16.0. The molecule has 140 valence electrons. The van der Waals surface area contributed by atoms with Crippen molar-refractivity contribution in [2.45, 2.75) is 39.0 Å². The average molecular weight is 354 g/mol. The first-order valence-electron chi connectivity index (χ1n) is 9.24. The summed E-state index contributed by atoms with van der Waals surface area (Å²) in [4.78, 5) is 11.8. The highest BCUT2D eigenvalue weighted by molar-refractivity contribution is 5.73. The SMILES string of the molecule is CC(C)(C)c1cccc(OCCNC(=O)NCCCc2ccccc2)c1. The van der Waals surface area contributed by atoms with Gasteiger partial charge in [-0.05, 0) is 41.5 Å². The molecule has 0 bridgehead atoms. The molecule has 0 saturated heterocycles. The van der Waals surface area contributed by atoms with Crippen molar-refractivity contribution in [3.05, 3.63) is 65.7 Å². The quantitative estimate of drug-likeness (QED) is 0.695. The summed E-state index contributed by atoms with van der Waals surface area (Å²) in [7, 11) is 0. The summed E-state index contributed by atoms with van der Waals surface area (Å²) in [6, 6.07) is 18.2. The highest BCUT2D eigenvalue weighted by Crippen LogP contribution is 2.25. The molecule has 0 saturated carbocycles. The van der Waals surface area contributed by atoms with Crippen molar-refractivity contribution in [3.63, 3.8) is 0 Å². The fourth-order valence-electron chi connectivity index (χ4n) is 2.59. The van der Waals surface area contributed by atoms with E-state index in [1.807, 2.05) is 30.3 Å². The van der Waals surface area contributed by atoms with Crippen LogP contribution in [0.5, 0.6) is 5.75 Å². The summed E-state index contributed by atoms with van der Waals surface area (Å²) in [5.74, 6) is 0.836. The van der Waals surface area contributed by atoms with E-state index < -0.39 is 0 Å². The Bertz CT molecular complexity index is 678. The molecule has 2 aromatic carbocycles. The van der Waals surface area contributed by atoms with Gasteiger partial charge in [-0.2, -0.15) is 0 Å². The summed E-state index contributed by atoms with van der Waals surface area (Å²) in [5, 5.41) is 5.70. The fraction of sp³-hybridized carbons (Fsp3) is 0.409. The van der Waals surface area contributed by atoms with Crippen LogP contribution in [0, 0.1) is 0 Å². The van der Waals surface area contributed by atoms with E-state index >= 15 is 0 Å². The molecule has 2 amide bonds. The van der Waals surface area contributed by atoms with Gasteiger partial charge in [0.1, 0.15) is 12.4 Å². The van der Waals surface area contributed by atoms with E-state index in [4.69, 9.17) is 4.74 Å². The van der Waals surface area contributed by atoms with Gasteiger partial charge in [-0.3, -0.25) is 0 Å². The Balaban J connectivity index is 1.59. The molecule has 4 nitrogen and oxygen atoms in total. The number of hydrogen-bond acceptors (Lipinski definition) is 2. The van der Waals surface area contributed by atoms with Gasteiger partial charge in [-0.1, -0.05) is 63.2 Å². The fourth-order valence-corrected chi connectivity index (χ4v) is 2.59. The first kappa shape index (κ1) is 19.8. The maximum absolute atomic E-state index is 11.8. The Morgan fingerprint density at radius 1 is 0.962 bits per heavy atom. The molecule has 2 aromatic rings. The van der Waals surface area contributed by atoms with Crippen LogP contribution < -0.4 is 15.4 Å². The van der Waals surface area contributed by atoms with Crippen molar-refractivity contribution in [1.82, 2.24) is 10.6 Å². The summed E-state index contributed by atoms with van der Waals surface area (Å²) in [6.07, 6.45) is 1.89. The summed E-state index contributed by atoms with van der Waals surface area (Å²) in [5.41, 5.74) is 2.62. The molecule has 0 unspecified atom stereocenters. The van der Waals surface area contributed by atoms with Gasteiger partial charge >= 0.3 is 6.03 Å². The molecule has 2 N–H and O–H groups in total. The first-order valence-corrected chi connectivity index (χ1v) is 9.24. The van der Waals surface area contributed by atoms with Gasteiger partial charge in [-0.15, -0.1) is 0 Å². The Hall–Kier alpha value is -2.49.